The SMILES string of the molecule is O=C(O)c1ccc(CCN2C(=O)CC[C@@H]2/C=C/[C@H](O)C2(c3ccccc3)CC2)cc1. The van der Waals surface area contributed by atoms with Crippen LogP contribution in [-0.2, 0) is 16.6 Å². The lowest BCUT2D eigenvalue weighted by Crippen LogP contribution is -2.34. The normalized spacial score (nSPS) is 21.2. The molecule has 0 spiro atoms. The van der Waals surface area contributed by atoms with Crippen LogP contribution in [0.5, 0.6) is 0 Å². The van der Waals surface area contributed by atoms with Crippen molar-refractivity contribution in [1.29, 1.82) is 0 Å². The monoisotopic (exact) mass is 405 g/mol. The third-order valence-corrected chi connectivity index (χ3v) is 6.44. The van der Waals surface area contributed by atoms with Crippen LogP contribution in [0.4, 0.5) is 0 Å². The fraction of sp³-hybridized carbons (Fsp3) is 0.360. The van der Waals surface area contributed by atoms with Gasteiger partial charge in [-0.05, 0) is 48.9 Å². The number of hydrogen-bond acceptors (Lipinski definition) is 3. The molecule has 0 unspecified atom stereocenters. The second-order valence-electron chi connectivity index (χ2n) is 8.30. The zero-order valence-electron chi connectivity index (χ0n) is 16.9. The summed E-state index contributed by atoms with van der Waals surface area (Å²) in [4.78, 5) is 25.2. The van der Waals surface area contributed by atoms with Crippen molar-refractivity contribution in [2.45, 2.75) is 49.7 Å². The molecule has 1 heterocycles. The smallest absolute Gasteiger partial charge is 0.335 e. The lowest BCUT2D eigenvalue weighted by atomic mass is 9.89. The Morgan fingerprint density at radius 2 is 1.83 bits per heavy atom. The minimum Gasteiger partial charge on any atom is -0.478 e. The zero-order chi connectivity index (χ0) is 21.1. The van der Waals surface area contributed by atoms with E-state index in [4.69, 9.17) is 5.11 Å². The fourth-order valence-corrected chi connectivity index (χ4v) is 4.39. The Morgan fingerprint density at radius 3 is 2.47 bits per heavy atom. The number of amides is 1. The number of rotatable bonds is 8. The Hall–Kier alpha value is -2.92. The van der Waals surface area contributed by atoms with Crippen molar-refractivity contribution in [3.8, 4) is 0 Å². The van der Waals surface area contributed by atoms with E-state index in [1.54, 1.807) is 24.3 Å². The van der Waals surface area contributed by atoms with Crippen LogP contribution in [-0.4, -0.2) is 45.7 Å². The number of carbonyl (C=O) groups excluding carboxylic acids is 1. The van der Waals surface area contributed by atoms with Crippen molar-refractivity contribution < 1.29 is 19.8 Å². The summed E-state index contributed by atoms with van der Waals surface area (Å²) in [5, 5.41) is 19.9. The molecule has 1 amide bonds. The topological polar surface area (TPSA) is 77.8 Å². The van der Waals surface area contributed by atoms with E-state index >= 15 is 0 Å². The van der Waals surface area contributed by atoms with Crippen LogP contribution in [0.1, 0.15) is 47.2 Å². The molecule has 1 saturated carbocycles. The highest BCUT2D eigenvalue weighted by molar-refractivity contribution is 5.87. The third kappa shape index (κ3) is 4.17. The lowest BCUT2D eigenvalue weighted by Gasteiger charge is -2.24. The molecule has 2 atom stereocenters. The zero-order valence-corrected chi connectivity index (χ0v) is 16.9. The van der Waals surface area contributed by atoms with E-state index in [1.165, 1.54) is 5.56 Å². The molecule has 0 radical (unpaired) electrons. The van der Waals surface area contributed by atoms with E-state index < -0.39 is 12.1 Å². The van der Waals surface area contributed by atoms with Gasteiger partial charge in [0.15, 0.2) is 0 Å². The van der Waals surface area contributed by atoms with Crippen LogP contribution in [0.25, 0.3) is 0 Å². The number of aliphatic hydroxyl groups is 1. The maximum absolute atomic E-state index is 12.4. The van der Waals surface area contributed by atoms with Crippen LogP contribution in [0.2, 0.25) is 0 Å². The minimum absolute atomic E-state index is 0.00276. The number of carboxylic acids is 1. The van der Waals surface area contributed by atoms with Crippen molar-refractivity contribution in [3.05, 3.63) is 83.4 Å². The summed E-state index contributed by atoms with van der Waals surface area (Å²) in [5.41, 5.74) is 2.25. The Labute approximate surface area is 176 Å². The summed E-state index contributed by atoms with van der Waals surface area (Å²) in [7, 11) is 0. The summed E-state index contributed by atoms with van der Waals surface area (Å²) in [6.45, 7) is 0.584. The van der Waals surface area contributed by atoms with Crippen LogP contribution in [0, 0.1) is 0 Å². The van der Waals surface area contributed by atoms with E-state index in [-0.39, 0.29) is 22.9 Å². The highest BCUT2D eigenvalue weighted by atomic mass is 16.4. The van der Waals surface area contributed by atoms with Gasteiger partial charge in [-0.1, -0.05) is 54.6 Å². The molecule has 30 heavy (non-hydrogen) atoms. The van der Waals surface area contributed by atoms with Crippen molar-refractivity contribution in [2.75, 3.05) is 6.54 Å². The average molecular weight is 405 g/mol. The number of nitrogens with zero attached hydrogens (tertiary/aromatic N) is 1. The molecule has 5 nitrogen and oxygen atoms in total. The number of likely N-dealkylation sites (tertiary alicyclic amines) is 1. The van der Waals surface area contributed by atoms with Crippen molar-refractivity contribution >= 4 is 11.9 Å². The first kappa shape index (κ1) is 20.4. The molecule has 2 fully saturated rings. The minimum atomic E-state index is -0.941. The van der Waals surface area contributed by atoms with Crippen LogP contribution < -0.4 is 0 Å². The molecule has 4 rings (SSSR count). The van der Waals surface area contributed by atoms with Crippen LogP contribution in [0.15, 0.2) is 66.7 Å². The molecule has 0 aromatic heterocycles. The van der Waals surface area contributed by atoms with E-state index in [1.807, 2.05) is 35.3 Å². The molecular formula is C25H27NO4. The van der Waals surface area contributed by atoms with Gasteiger partial charge in [-0.15, -0.1) is 0 Å². The largest absolute Gasteiger partial charge is 0.478 e. The maximum Gasteiger partial charge on any atom is 0.335 e. The Kier molecular flexibility index (Phi) is 5.73. The van der Waals surface area contributed by atoms with Gasteiger partial charge in [0, 0.05) is 18.4 Å². The van der Waals surface area contributed by atoms with Gasteiger partial charge in [0.05, 0.1) is 17.7 Å². The summed E-state index contributed by atoms with van der Waals surface area (Å²) in [5.74, 6) is -0.811. The number of aliphatic hydroxyl groups excluding tert-OH is 1. The first-order chi connectivity index (χ1) is 14.5. The molecule has 0 bridgehead atoms. The van der Waals surface area contributed by atoms with Gasteiger partial charge in [-0.2, -0.15) is 0 Å². The average Bonchev–Trinajstić information content (AvgIpc) is 3.51. The van der Waals surface area contributed by atoms with Crippen molar-refractivity contribution in [1.82, 2.24) is 4.90 Å². The van der Waals surface area contributed by atoms with Crippen molar-refractivity contribution in [2.24, 2.45) is 0 Å². The molecule has 156 valence electrons. The number of carboxylic acid groups (broad SMARTS) is 1. The summed E-state index contributed by atoms with van der Waals surface area (Å²) in [6, 6.07) is 16.9. The summed E-state index contributed by atoms with van der Waals surface area (Å²) in [6.07, 6.45) is 7.22. The quantitative estimate of drug-likeness (QED) is 0.658. The Bertz CT molecular complexity index is 931. The first-order valence-corrected chi connectivity index (χ1v) is 10.5. The van der Waals surface area contributed by atoms with Gasteiger partial charge >= 0.3 is 5.97 Å². The Balaban J connectivity index is 1.38. The second-order valence-corrected chi connectivity index (χ2v) is 8.30. The van der Waals surface area contributed by atoms with Gasteiger partial charge in [0.25, 0.3) is 0 Å². The van der Waals surface area contributed by atoms with Crippen LogP contribution >= 0.6 is 0 Å². The molecular weight excluding hydrogens is 378 g/mol. The number of benzene rings is 2. The van der Waals surface area contributed by atoms with Crippen molar-refractivity contribution in [3.63, 3.8) is 0 Å². The number of aromatic carboxylic acids is 1. The molecule has 2 aliphatic rings. The predicted molar refractivity (Wildman–Crippen MR) is 114 cm³/mol. The summed E-state index contributed by atoms with van der Waals surface area (Å²) < 4.78 is 0. The molecule has 2 aromatic carbocycles. The number of carbonyl (C=O) groups is 2. The highest BCUT2D eigenvalue weighted by Crippen LogP contribution is 2.51. The molecule has 1 saturated heterocycles. The van der Waals surface area contributed by atoms with Gasteiger partial charge in [-0.25, -0.2) is 4.79 Å². The molecule has 5 heteroatoms. The van der Waals surface area contributed by atoms with E-state index in [0.29, 0.717) is 19.4 Å². The fourth-order valence-electron chi connectivity index (χ4n) is 4.39. The molecule has 1 aliphatic carbocycles. The molecule has 2 aromatic rings. The standard InChI is InChI=1S/C25H27NO4/c27-22(25(15-16-25)20-4-2-1-3-5-20)12-10-21-11-13-23(28)26(21)17-14-18-6-8-19(9-7-18)24(29)30/h1-10,12,21-22,27H,11,13-17H2,(H,29,30)/b12-10+/t21-,22-/m0/s1. The van der Waals surface area contributed by atoms with Gasteiger partial charge in [0.1, 0.15) is 0 Å². The molecule has 2 N–H and O–H groups in total. The van der Waals surface area contributed by atoms with E-state index in [9.17, 15) is 14.7 Å². The predicted octanol–water partition coefficient (Wildman–Crippen LogP) is 3.57. The number of hydrogen-bond donors (Lipinski definition) is 2. The van der Waals surface area contributed by atoms with E-state index in [0.717, 1.165) is 24.8 Å². The molecule has 1 aliphatic heterocycles. The highest BCUT2D eigenvalue weighted by Gasteiger charge is 2.49. The van der Waals surface area contributed by atoms with Gasteiger partial charge in [0.2, 0.25) is 5.91 Å². The second kappa shape index (κ2) is 8.44. The maximum atomic E-state index is 12.4. The van der Waals surface area contributed by atoms with Crippen LogP contribution in [0.3, 0.4) is 0 Å². The van der Waals surface area contributed by atoms with Gasteiger partial charge in [-0.3, -0.25) is 4.79 Å². The lowest BCUT2D eigenvalue weighted by molar-refractivity contribution is -0.128. The third-order valence-electron chi connectivity index (χ3n) is 6.44. The summed E-state index contributed by atoms with van der Waals surface area (Å²) >= 11 is 0. The van der Waals surface area contributed by atoms with Gasteiger partial charge < -0.3 is 15.1 Å². The Morgan fingerprint density at radius 1 is 1.13 bits per heavy atom. The first-order valence-electron chi connectivity index (χ1n) is 10.5. The van der Waals surface area contributed by atoms with E-state index in [2.05, 4.69) is 12.1 Å².